The van der Waals surface area contributed by atoms with Crippen molar-refractivity contribution in [3.05, 3.63) is 29.6 Å². The lowest BCUT2D eigenvalue weighted by Crippen LogP contribution is -2.21. The first-order valence-electron chi connectivity index (χ1n) is 4.15. The van der Waals surface area contributed by atoms with E-state index in [0.717, 1.165) is 18.2 Å². The van der Waals surface area contributed by atoms with E-state index in [1.165, 1.54) is 0 Å². The third-order valence-corrected chi connectivity index (χ3v) is 2.75. The molecule has 3 N–H and O–H groups in total. The minimum Gasteiger partial charge on any atom is -0.326 e. The molecule has 0 radical (unpaired) electrons. The van der Waals surface area contributed by atoms with Gasteiger partial charge in [0.1, 0.15) is 5.82 Å². The normalized spacial score (nSPS) is 11.8. The van der Waals surface area contributed by atoms with Gasteiger partial charge in [0.2, 0.25) is 0 Å². The van der Waals surface area contributed by atoms with Crippen LogP contribution in [0, 0.1) is 5.82 Å². The number of nitrogens with one attached hydrogen (secondary N) is 1. The van der Waals surface area contributed by atoms with Crippen LogP contribution in [0.1, 0.15) is 5.56 Å². The molecule has 0 fully saturated rings. The van der Waals surface area contributed by atoms with Crippen molar-refractivity contribution in [2.24, 2.45) is 5.73 Å². The largest absolute Gasteiger partial charge is 0.355 e. The Kier molecular flexibility index (Phi) is 3.76. The summed E-state index contributed by atoms with van der Waals surface area (Å²) >= 11 is 0. The highest BCUT2D eigenvalue weighted by atomic mass is 32.2. The van der Waals surface area contributed by atoms with E-state index < -0.39 is 21.6 Å². The van der Waals surface area contributed by atoms with Crippen LogP contribution >= 0.6 is 0 Å². The molecular weight excluding hydrogens is 245 g/mol. The number of hydrogen-bond donors (Lipinski definition) is 2. The van der Waals surface area contributed by atoms with E-state index in [-0.39, 0.29) is 17.8 Å². The first-order valence-corrected chi connectivity index (χ1v) is 5.69. The number of nitrogens with two attached hydrogens (primary N) is 1. The maximum atomic E-state index is 12.7. The van der Waals surface area contributed by atoms with Gasteiger partial charge in [0.05, 0.1) is 5.69 Å². The molecule has 0 amide bonds. The molecule has 0 saturated heterocycles. The van der Waals surface area contributed by atoms with Gasteiger partial charge in [-0.25, -0.2) is 12.8 Å². The van der Waals surface area contributed by atoms with Crippen LogP contribution in [0.5, 0.6) is 0 Å². The smallest absolute Gasteiger partial charge is 0.326 e. The number of hydrogen-bond acceptors (Lipinski definition) is 3. The average Bonchev–Trinajstić information content (AvgIpc) is 2.20. The van der Waals surface area contributed by atoms with E-state index in [2.05, 4.69) is 0 Å². The number of benzene rings is 1. The summed E-state index contributed by atoms with van der Waals surface area (Å²) in [7, 11) is -4.76. The van der Waals surface area contributed by atoms with Crippen molar-refractivity contribution in [2.75, 3.05) is 4.72 Å². The van der Waals surface area contributed by atoms with Gasteiger partial charge in [-0.3, -0.25) is 4.72 Å². The predicted octanol–water partition coefficient (Wildman–Crippen LogP) is 1.25. The molecule has 1 rings (SSSR count). The molecule has 1 aromatic rings. The van der Waals surface area contributed by atoms with Gasteiger partial charge in [-0.2, -0.15) is 8.78 Å². The molecule has 90 valence electrons. The van der Waals surface area contributed by atoms with Crippen LogP contribution in [0.3, 0.4) is 0 Å². The van der Waals surface area contributed by atoms with E-state index in [1.807, 2.05) is 0 Å². The number of sulfonamides is 1. The van der Waals surface area contributed by atoms with Gasteiger partial charge in [0, 0.05) is 6.54 Å². The molecule has 0 bridgehead atoms. The van der Waals surface area contributed by atoms with Gasteiger partial charge in [0.15, 0.2) is 0 Å². The van der Waals surface area contributed by atoms with Crippen LogP contribution in [0.2, 0.25) is 0 Å². The van der Waals surface area contributed by atoms with E-state index in [9.17, 15) is 21.6 Å². The molecule has 0 spiro atoms. The minimum absolute atomic E-state index is 0.101. The number of alkyl halides is 2. The second kappa shape index (κ2) is 4.71. The minimum atomic E-state index is -4.76. The van der Waals surface area contributed by atoms with Crippen LogP contribution in [0.15, 0.2) is 18.2 Å². The van der Waals surface area contributed by atoms with Gasteiger partial charge in [-0.15, -0.1) is 0 Å². The lowest BCUT2D eigenvalue weighted by Gasteiger charge is -2.10. The third kappa shape index (κ3) is 2.86. The highest BCUT2D eigenvalue weighted by molar-refractivity contribution is 7.93. The Morgan fingerprint density at radius 1 is 1.38 bits per heavy atom. The van der Waals surface area contributed by atoms with Crippen LogP contribution in [0.4, 0.5) is 18.9 Å². The Morgan fingerprint density at radius 2 is 2.00 bits per heavy atom. The van der Waals surface area contributed by atoms with Crippen LogP contribution in [0.25, 0.3) is 0 Å². The zero-order chi connectivity index (χ0) is 12.3. The Morgan fingerprint density at radius 3 is 2.50 bits per heavy atom. The van der Waals surface area contributed by atoms with Gasteiger partial charge in [-0.1, -0.05) is 0 Å². The molecule has 0 atom stereocenters. The molecule has 0 aromatic heterocycles. The van der Waals surface area contributed by atoms with E-state index in [4.69, 9.17) is 5.73 Å². The summed E-state index contributed by atoms with van der Waals surface area (Å²) in [5, 5.41) is 0. The molecule has 16 heavy (non-hydrogen) atoms. The molecule has 8 heteroatoms. The fourth-order valence-corrected chi connectivity index (χ4v) is 1.62. The number of halogens is 3. The van der Waals surface area contributed by atoms with E-state index in [0.29, 0.717) is 0 Å². The highest BCUT2D eigenvalue weighted by Gasteiger charge is 2.24. The molecule has 1 aromatic carbocycles. The van der Waals surface area contributed by atoms with E-state index >= 15 is 0 Å². The summed E-state index contributed by atoms with van der Waals surface area (Å²) in [6.07, 6.45) is 0. The monoisotopic (exact) mass is 254 g/mol. The zero-order valence-corrected chi connectivity index (χ0v) is 8.77. The third-order valence-electron chi connectivity index (χ3n) is 1.77. The Labute approximate surface area is 90.3 Å². The fourth-order valence-electron chi connectivity index (χ4n) is 1.03. The van der Waals surface area contributed by atoms with Gasteiger partial charge >= 0.3 is 5.76 Å². The molecule has 0 heterocycles. The first kappa shape index (κ1) is 12.8. The summed E-state index contributed by atoms with van der Waals surface area (Å²) in [5.41, 5.74) is 5.18. The Balaban J connectivity index is 3.07. The van der Waals surface area contributed by atoms with Gasteiger partial charge in [-0.05, 0) is 23.8 Å². The van der Waals surface area contributed by atoms with Crippen molar-refractivity contribution in [3.63, 3.8) is 0 Å². The van der Waals surface area contributed by atoms with Crippen LogP contribution in [-0.2, 0) is 16.6 Å². The first-order chi connectivity index (χ1) is 7.36. The summed E-state index contributed by atoms with van der Waals surface area (Å²) in [6.45, 7) is -0.168. The quantitative estimate of drug-likeness (QED) is 0.849. The maximum Gasteiger partial charge on any atom is 0.355 e. The number of rotatable bonds is 4. The standard InChI is InChI=1S/C8H9F3N2O2S/c9-6-1-2-7(5(3-6)4-12)13-16(14,15)8(10)11/h1-3,8,13H,4,12H2. The SMILES string of the molecule is NCc1cc(F)ccc1NS(=O)(=O)C(F)F. The fraction of sp³-hybridized carbons (Fsp3) is 0.250. The van der Waals surface area contributed by atoms with Gasteiger partial charge < -0.3 is 5.73 Å². The van der Waals surface area contributed by atoms with Crippen molar-refractivity contribution in [3.8, 4) is 0 Å². The molecule has 0 aliphatic rings. The van der Waals surface area contributed by atoms with E-state index in [1.54, 1.807) is 4.72 Å². The van der Waals surface area contributed by atoms with Gasteiger partial charge in [0.25, 0.3) is 10.0 Å². The van der Waals surface area contributed by atoms with Crippen molar-refractivity contribution >= 4 is 15.7 Å². The summed E-state index contributed by atoms with van der Waals surface area (Å²) in [5.74, 6) is -4.18. The highest BCUT2D eigenvalue weighted by Crippen LogP contribution is 2.19. The molecule has 0 aliphatic heterocycles. The maximum absolute atomic E-state index is 12.7. The van der Waals surface area contributed by atoms with Crippen LogP contribution < -0.4 is 10.5 Å². The topological polar surface area (TPSA) is 72.2 Å². The molecular formula is C8H9F3N2O2S. The predicted molar refractivity (Wildman–Crippen MR) is 52.8 cm³/mol. The number of anilines is 1. The molecule has 0 aliphatic carbocycles. The lowest BCUT2D eigenvalue weighted by molar-refractivity contribution is 0.236. The molecule has 0 unspecified atom stereocenters. The second-order valence-corrected chi connectivity index (χ2v) is 4.56. The van der Waals surface area contributed by atoms with Crippen LogP contribution in [-0.4, -0.2) is 14.2 Å². The van der Waals surface area contributed by atoms with Crippen molar-refractivity contribution in [1.29, 1.82) is 0 Å². The summed E-state index contributed by atoms with van der Waals surface area (Å²) < 4.78 is 60.2. The molecule has 4 nitrogen and oxygen atoms in total. The summed E-state index contributed by atoms with van der Waals surface area (Å²) in [6, 6.07) is 2.96. The lowest BCUT2D eigenvalue weighted by atomic mass is 10.2. The van der Waals surface area contributed by atoms with Crippen molar-refractivity contribution < 1.29 is 21.6 Å². The Hall–Kier alpha value is -1.28. The molecule has 0 saturated carbocycles. The summed E-state index contributed by atoms with van der Waals surface area (Å²) in [4.78, 5) is 0. The second-order valence-electron chi connectivity index (χ2n) is 2.91. The van der Waals surface area contributed by atoms with Crippen molar-refractivity contribution in [1.82, 2.24) is 0 Å². The Bertz CT molecular complexity index is 476. The van der Waals surface area contributed by atoms with Crippen molar-refractivity contribution in [2.45, 2.75) is 12.3 Å². The zero-order valence-electron chi connectivity index (χ0n) is 7.95. The average molecular weight is 254 g/mol.